The second-order valence-electron chi connectivity index (χ2n) is 6.89. The molecule has 20 heavy (non-hydrogen) atoms. The molecule has 5 heteroatoms. The van der Waals surface area contributed by atoms with E-state index in [0.29, 0.717) is 18.4 Å². The maximum atomic E-state index is 12.0. The number of urea groups is 1. The van der Waals surface area contributed by atoms with Crippen molar-refractivity contribution >= 4 is 12.0 Å². The normalized spacial score (nSPS) is 36.6. The third kappa shape index (κ3) is 2.63. The molecule has 3 N–H and O–H groups in total. The number of rotatable bonds is 5. The van der Waals surface area contributed by atoms with Crippen molar-refractivity contribution in [3.8, 4) is 0 Å². The van der Waals surface area contributed by atoms with Gasteiger partial charge in [-0.3, -0.25) is 4.79 Å². The van der Waals surface area contributed by atoms with E-state index in [9.17, 15) is 14.7 Å². The lowest BCUT2D eigenvalue weighted by Crippen LogP contribution is -2.50. The van der Waals surface area contributed by atoms with Crippen LogP contribution in [0.5, 0.6) is 0 Å². The molecule has 112 valence electrons. The van der Waals surface area contributed by atoms with Gasteiger partial charge in [0.15, 0.2) is 0 Å². The van der Waals surface area contributed by atoms with Crippen LogP contribution in [0.15, 0.2) is 0 Å². The van der Waals surface area contributed by atoms with Crippen molar-refractivity contribution in [1.82, 2.24) is 10.6 Å². The van der Waals surface area contributed by atoms with E-state index in [2.05, 4.69) is 17.6 Å². The lowest BCUT2D eigenvalue weighted by atomic mass is 9.84. The minimum Gasteiger partial charge on any atom is -0.481 e. The second-order valence-corrected chi connectivity index (χ2v) is 6.89. The fourth-order valence-corrected chi connectivity index (χ4v) is 4.14. The molecule has 3 fully saturated rings. The Hall–Kier alpha value is -1.26. The van der Waals surface area contributed by atoms with Gasteiger partial charge in [-0.25, -0.2) is 4.79 Å². The smallest absolute Gasteiger partial charge is 0.315 e. The zero-order valence-corrected chi connectivity index (χ0v) is 12.0. The zero-order chi connectivity index (χ0) is 14.3. The molecule has 0 aromatic heterocycles. The molecule has 0 spiro atoms. The Morgan fingerprint density at radius 1 is 1.20 bits per heavy atom. The highest BCUT2D eigenvalue weighted by atomic mass is 16.4. The minimum absolute atomic E-state index is 0.178. The molecular formula is C15H24N2O3. The molecule has 0 aliphatic heterocycles. The van der Waals surface area contributed by atoms with E-state index in [0.717, 1.165) is 25.2 Å². The summed E-state index contributed by atoms with van der Waals surface area (Å²) in [6.45, 7) is 2.85. The van der Waals surface area contributed by atoms with E-state index in [1.807, 2.05) is 0 Å². The van der Waals surface area contributed by atoms with Crippen molar-refractivity contribution in [2.24, 2.45) is 29.6 Å². The molecule has 0 saturated heterocycles. The van der Waals surface area contributed by atoms with E-state index in [-0.39, 0.29) is 23.9 Å². The first-order valence-electron chi connectivity index (χ1n) is 7.83. The summed E-state index contributed by atoms with van der Waals surface area (Å²) in [6, 6.07) is -0.371. The van der Waals surface area contributed by atoms with E-state index in [1.165, 1.54) is 12.8 Å². The third-order valence-electron chi connectivity index (χ3n) is 5.51. The van der Waals surface area contributed by atoms with Crippen LogP contribution in [-0.4, -0.2) is 29.7 Å². The third-order valence-corrected chi connectivity index (χ3v) is 5.51. The van der Waals surface area contributed by atoms with Gasteiger partial charge in [-0.2, -0.15) is 0 Å². The lowest BCUT2D eigenvalue weighted by molar-refractivity contribution is -0.144. The van der Waals surface area contributed by atoms with Gasteiger partial charge >= 0.3 is 12.0 Å². The van der Waals surface area contributed by atoms with Gasteiger partial charge in [0.1, 0.15) is 0 Å². The van der Waals surface area contributed by atoms with E-state index in [1.54, 1.807) is 0 Å². The Balaban J connectivity index is 1.51. The standard InChI is InChI=1S/C15H24N2O3/c1-8(9-2-3-9)7-16-15(20)17-13-11-5-4-10(6-11)12(13)14(18)19/h8-13H,2-7H2,1H3,(H,18,19)(H2,16,17,20). The molecule has 5 nitrogen and oxygen atoms in total. The van der Waals surface area contributed by atoms with Crippen LogP contribution in [-0.2, 0) is 4.79 Å². The van der Waals surface area contributed by atoms with Gasteiger partial charge in [0, 0.05) is 12.6 Å². The van der Waals surface area contributed by atoms with Crippen molar-refractivity contribution in [3.05, 3.63) is 0 Å². The van der Waals surface area contributed by atoms with Crippen LogP contribution < -0.4 is 10.6 Å². The van der Waals surface area contributed by atoms with E-state index in [4.69, 9.17) is 0 Å². The quantitative estimate of drug-likeness (QED) is 0.719. The summed E-state index contributed by atoms with van der Waals surface area (Å²) in [6.07, 6.45) is 5.56. The summed E-state index contributed by atoms with van der Waals surface area (Å²) in [5, 5.41) is 15.2. The molecule has 2 amide bonds. The number of hydrogen-bond acceptors (Lipinski definition) is 2. The molecule has 0 aromatic carbocycles. The molecule has 0 radical (unpaired) electrons. The zero-order valence-electron chi connectivity index (χ0n) is 12.0. The fraction of sp³-hybridized carbons (Fsp3) is 0.867. The minimum atomic E-state index is -0.756. The number of carboxylic acids is 1. The van der Waals surface area contributed by atoms with Crippen LogP contribution in [0.25, 0.3) is 0 Å². The first-order valence-corrected chi connectivity index (χ1v) is 7.83. The number of hydrogen-bond donors (Lipinski definition) is 3. The SMILES string of the molecule is CC(CNC(=O)NC1C2CCC(C2)C1C(=O)O)C1CC1. The van der Waals surface area contributed by atoms with Crippen LogP contribution in [0.3, 0.4) is 0 Å². The maximum Gasteiger partial charge on any atom is 0.315 e. The molecule has 3 rings (SSSR count). The van der Waals surface area contributed by atoms with Crippen molar-refractivity contribution in [3.63, 3.8) is 0 Å². The molecule has 2 bridgehead atoms. The van der Waals surface area contributed by atoms with E-state index < -0.39 is 5.97 Å². The topological polar surface area (TPSA) is 78.4 Å². The van der Waals surface area contributed by atoms with Crippen LogP contribution >= 0.6 is 0 Å². The number of carbonyl (C=O) groups excluding carboxylic acids is 1. The Labute approximate surface area is 119 Å². The van der Waals surface area contributed by atoms with Gasteiger partial charge in [-0.1, -0.05) is 6.92 Å². The number of fused-ring (bicyclic) bond motifs is 2. The van der Waals surface area contributed by atoms with Crippen LogP contribution in [0.4, 0.5) is 4.79 Å². The average Bonchev–Trinajstić information content (AvgIpc) is 3.07. The van der Waals surface area contributed by atoms with Crippen molar-refractivity contribution in [1.29, 1.82) is 0 Å². The Bertz CT molecular complexity index is 408. The molecule has 5 unspecified atom stereocenters. The van der Waals surface area contributed by atoms with Crippen LogP contribution in [0.2, 0.25) is 0 Å². The first kappa shape index (κ1) is 13.7. The van der Waals surface area contributed by atoms with Crippen molar-refractivity contribution in [2.75, 3.05) is 6.54 Å². The number of amides is 2. The van der Waals surface area contributed by atoms with Gasteiger partial charge in [0.25, 0.3) is 0 Å². The monoisotopic (exact) mass is 280 g/mol. The second kappa shape index (κ2) is 5.26. The Morgan fingerprint density at radius 2 is 1.90 bits per heavy atom. The van der Waals surface area contributed by atoms with Crippen molar-refractivity contribution in [2.45, 2.75) is 45.1 Å². The lowest BCUT2D eigenvalue weighted by Gasteiger charge is -2.29. The summed E-state index contributed by atoms with van der Waals surface area (Å²) in [7, 11) is 0. The average molecular weight is 280 g/mol. The van der Waals surface area contributed by atoms with Crippen LogP contribution in [0, 0.1) is 29.6 Å². The number of aliphatic carboxylic acids is 1. The number of carbonyl (C=O) groups is 2. The van der Waals surface area contributed by atoms with Crippen molar-refractivity contribution < 1.29 is 14.7 Å². The van der Waals surface area contributed by atoms with Crippen LogP contribution in [0.1, 0.15) is 39.0 Å². The summed E-state index contributed by atoms with van der Waals surface area (Å²) in [4.78, 5) is 23.4. The molecule has 3 aliphatic carbocycles. The highest BCUT2D eigenvalue weighted by molar-refractivity contribution is 5.77. The molecule has 3 aliphatic rings. The summed E-state index contributed by atoms with van der Waals surface area (Å²) >= 11 is 0. The van der Waals surface area contributed by atoms with Gasteiger partial charge in [0.05, 0.1) is 5.92 Å². The van der Waals surface area contributed by atoms with Gasteiger partial charge in [-0.05, 0) is 55.8 Å². The summed E-state index contributed by atoms with van der Waals surface area (Å²) in [5.74, 6) is 0.760. The molecule has 3 saturated carbocycles. The Kier molecular flexibility index (Phi) is 3.61. The molecule has 5 atom stereocenters. The maximum absolute atomic E-state index is 12.0. The van der Waals surface area contributed by atoms with Gasteiger partial charge in [0.2, 0.25) is 0 Å². The fourth-order valence-electron chi connectivity index (χ4n) is 4.14. The number of carboxylic acid groups (broad SMARTS) is 1. The number of nitrogens with one attached hydrogen (secondary N) is 2. The Morgan fingerprint density at radius 3 is 2.55 bits per heavy atom. The predicted octanol–water partition coefficient (Wildman–Crippen LogP) is 1.83. The van der Waals surface area contributed by atoms with Gasteiger partial charge in [-0.15, -0.1) is 0 Å². The predicted molar refractivity (Wildman–Crippen MR) is 74.2 cm³/mol. The first-order chi connectivity index (χ1) is 9.56. The summed E-state index contributed by atoms with van der Waals surface area (Å²) < 4.78 is 0. The molecule has 0 heterocycles. The van der Waals surface area contributed by atoms with E-state index >= 15 is 0 Å². The molecular weight excluding hydrogens is 256 g/mol. The highest BCUT2D eigenvalue weighted by Gasteiger charge is 2.51. The van der Waals surface area contributed by atoms with Gasteiger partial charge < -0.3 is 15.7 Å². The summed E-state index contributed by atoms with van der Waals surface area (Å²) in [5.41, 5.74) is 0. The molecule has 0 aromatic rings. The largest absolute Gasteiger partial charge is 0.481 e. The highest BCUT2D eigenvalue weighted by Crippen LogP contribution is 2.48.